The van der Waals surface area contributed by atoms with Crippen molar-refractivity contribution in [3.8, 4) is 11.1 Å². The van der Waals surface area contributed by atoms with Crippen LogP contribution in [0.4, 0.5) is 13.2 Å². The zero-order valence-corrected chi connectivity index (χ0v) is 19.0. The molecule has 1 aliphatic rings. The fourth-order valence-corrected chi connectivity index (χ4v) is 3.92. The molecule has 0 bridgehead atoms. The summed E-state index contributed by atoms with van der Waals surface area (Å²) in [6, 6.07) is 11.7. The molecule has 1 saturated carbocycles. The van der Waals surface area contributed by atoms with Crippen molar-refractivity contribution in [1.82, 2.24) is 20.3 Å². The summed E-state index contributed by atoms with van der Waals surface area (Å²) in [5.41, 5.74) is 7.01. The molecule has 2 aromatic heterocycles. The minimum absolute atomic E-state index is 0.529. The maximum Gasteiger partial charge on any atom is 0.490 e. The summed E-state index contributed by atoms with van der Waals surface area (Å²) in [6.45, 7) is 7.77. The second kappa shape index (κ2) is 9.91. The summed E-state index contributed by atoms with van der Waals surface area (Å²) in [5, 5.41) is 10.9. The average molecular weight is 463 g/mol. The van der Waals surface area contributed by atoms with Gasteiger partial charge in [-0.1, -0.05) is 38.1 Å². The molecule has 0 radical (unpaired) electrons. The van der Waals surface area contributed by atoms with Gasteiger partial charge in [0.15, 0.2) is 5.65 Å². The van der Waals surface area contributed by atoms with Crippen molar-refractivity contribution >= 4 is 17.1 Å². The number of rotatable bonds is 4. The van der Waals surface area contributed by atoms with Gasteiger partial charge in [0.05, 0.1) is 11.8 Å². The number of aryl methyl sites for hydroxylation is 1. The van der Waals surface area contributed by atoms with Gasteiger partial charge in [-0.25, -0.2) is 14.8 Å². The topological polar surface area (TPSA) is 90.9 Å². The van der Waals surface area contributed by atoms with Gasteiger partial charge < -0.3 is 15.4 Å². The molecule has 4 rings (SSSR count). The van der Waals surface area contributed by atoms with E-state index in [2.05, 4.69) is 64.4 Å². The number of aliphatic carboxylic acids is 1. The van der Waals surface area contributed by atoms with Crippen LogP contribution in [0.5, 0.6) is 0 Å². The Morgan fingerprint density at radius 1 is 1.21 bits per heavy atom. The molecule has 3 N–H and O–H groups in total. The number of alkyl halides is 3. The number of hydrogen-bond donors (Lipinski definition) is 3. The summed E-state index contributed by atoms with van der Waals surface area (Å²) in [4.78, 5) is 20.9. The Morgan fingerprint density at radius 3 is 2.39 bits per heavy atom. The van der Waals surface area contributed by atoms with Gasteiger partial charge in [0, 0.05) is 23.8 Å². The van der Waals surface area contributed by atoms with Crippen molar-refractivity contribution in [3.05, 3.63) is 47.9 Å². The zero-order valence-electron chi connectivity index (χ0n) is 19.0. The van der Waals surface area contributed by atoms with Gasteiger partial charge in [0.1, 0.15) is 0 Å². The van der Waals surface area contributed by atoms with Crippen molar-refractivity contribution in [2.24, 2.45) is 5.41 Å². The smallest absolute Gasteiger partial charge is 0.475 e. The van der Waals surface area contributed by atoms with E-state index in [0.29, 0.717) is 11.5 Å². The number of aromatic amines is 1. The van der Waals surface area contributed by atoms with Crippen LogP contribution in [0.2, 0.25) is 0 Å². The number of benzene rings is 1. The minimum Gasteiger partial charge on any atom is -0.475 e. The van der Waals surface area contributed by atoms with Crippen LogP contribution in [0.25, 0.3) is 22.3 Å². The molecule has 9 heteroatoms. The van der Waals surface area contributed by atoms with E-state index in [0.717, 1.165) is 29.0 Å². The standard InChI is InChI=1S/C22H28N4.C2HF3O2/c1-15-19(12-20-21(26-15)25-14-24-20)17-6-4-16(5-7-17)13-23-18-8-10-22(2,3)11-9-18;3-2(4,5)1(6)7/h4-7,12,14,18,23H,8-11,13H2,1-3H3,(H,24,25,26);(H,6,7). The van der Waals surface area contributed by atoms with E-state index in [1.807, 2.05) is 6.92 Å². The molecule has 178 valence electrons. The monoisotopic (exact) mass is 462 g/mol. The number of nitrogens with one attached hydrogen (secondary N) is 2. The number of hydrogen-bond acceptors (Lipinski definition) is 4. The zero-order chi connectivity index (χ0) is 24.2. The highest BCUT2D eigenvalue weighted by molar-refractivity contribution is 5.79. The Hall–Kier alpha value is -2.94. The molecule has 1 fully saturated rings. The first-order valence-corrected chi connectivity index (χ1v) is 10.9. The number of carbonyl (C=O) groups is 1. The average Bonchev–Trinajstić information content (AvgIpc) is 3.20. The largest absolute Gasteiger partial charge is 0.490 e. The number of H-pyrrole nitrogens is 1. The van der Waals surface area contributed by atoms with Gasteiger partial charge >= 0.3 is 12.1 Å². The van der Waals surface area contributed by atoms with Crippen LogP contribution in [-0.2, 0) is 11.3 Å². The lowest BCUT2D eigenvalue weighted by molar-refractivity contribution is -0.192. The molecule has 0 amide bonds. The summed E-state index contributed by atoms with van der Waals surface area (Å²) in [7, 11) is 0. The quantitative estimate of drug-likeness (QED) is 0.468. The molecule has 1 aromatic carbocycles. The Labute approximate surface area is 190 Å². The highest BCUT2D eigenvalue weighted by Gasteiger charge is 2.38. The van der Waals surface area contributed by atoms with Gasteiger partial charge in [0.2, 0.25) is 0 Å². The van der Waals surface area contributed by atoms with E-state index in [4.69, 9.17) is 9.90 Å². The number of halogens is 3. The number of pyridine rings is 1. The van der Waals surface area contributed by atoms with E-state index in [-0.39, 0.29) is 0 Å². The fourth-order valence-electron chi connectivity index (χ4n) is 3.92. The van der Waals surface area contributed by atoms with E-state index in [1.54, 1.807) is 6.33 Å². The van der Waals surface area contributed by atoms with E-state index < -0.39 is 12.1 Å². The summed E-state index contributed by atoms with van der Waals surface area (Å²) >= 11 is 0. The summed E-state index contributed by atoms with van der Waals surface area (Å²) < 4.78 is 31.7. The number of nitrogens with zero attached hydrogens (tertiary/aromatic N) is 2. The van der Waals surface area contributed by atoms with Crippen LogP contribution in [0.15, 0.2) is 36.7 Å². The van der Waals surface area contributed by atoms with Crippen molar-refractivity contribution in [2.45, 2.75) is 65.2 Å². The normalized spacial score (nSPS) is 16.3. The molecular weight excluding hydrogens is 433 g/mol. The lowest BCUT2D eigenvalue weighted by atomic mass is 9.75. The second-order valence-electron chi connectivity index (χ2n) is 9.21. The van der Waals surface area contributed by atoms with Crippen molar-refractivity contribution < 1.29 is 23.1 Å². The van der Waals surface area contributed by atoms with Crippen molar-refractivity contribution in [3.63, 3.8) is 0 Å². The SMILES string of the molecule is Cc1nc2nc[nH]c2cc1-c1ccc(CNC2CCC(C)(C)CC2)cc1.O=C(O)C(F)(F)F. The maximum absolute atomic E-state index is 10.6. The molecule has 0 saturated heterocycles. The molecule has 33 heavy (non-hydrogen) atoms. The highest BCUT2D eigenvalue weighted by atomic mass is 19.4. The van der Waals surface area contributed by atoms with Crippen LogP contribution < -0.4 is 5.32 Å². The molecule has 0 atom stereocenters. The molecule has 2 heterocycles. The van der Waals surface area contributed by atoms with Gasteiger partial charge in [-0.2, -0.15) is 13.2 Å². The first-order chi connectivity index (χ1) is 15.4. The summed E-state index contributed by atoms with van der Waals surface area (Å²) in [5.74, 6) is -2.76. The predicted octanol–water partition coefficient (Wildman–Crippen LogP) is 5.63. The van der Waals surface area contributed by atoms with Gasteiger partial charge in [0.25, 0.3) is 0 Å². The molecule has 0 aliphatic heterocycles. The third kappa shape index (κ3) is 6.77. The third-order valence-electron chi connectivity index (χ3n) is 6.04. The van der Waals surface area contributed by atoms with E-state index in [1.165, 1.54) is 36.8 Å². The number of carboxylic acids is 1. The molecule has 6 nitrogen and oxygen atoms in total. The fraction of sp³-hybridized carbons (Fsp3) is 0.458. The second-order valence-corrected chi connectivity index (χ2v) is 9.21. The maximum atomic E-state index is 10.6. The van der Waals surface area contributed by atoms with Crippen LogP contribution in [0, 0.1) is 12.3 Å². The highest BCUT2D eigenvalue weighted by Crippen LogP contribution is 2.35. The number of fused-ring (bicyclic) bond motifs is 1. The van der Waals surface area contributed by atoms with E-state index >= 15 is 0 Å². The Bertz CT molecular complexity index is 1080. The first-order valence-electron chi connectivity index (χ1n) is 10.9. The van der Waals surface area contributed by atoms with E-state index in [9.17, 15) is 13.2 Å². The number of imidazole rings is 1. The molecule has 0 unspecified atom stereocenters. The van der Waals surface area contributed by atoms with Gasteiger partial charge in [-0.3, -0.25) is 0 Å². The third-order valence-corrected chi connectivity index (χ3v) is 6.04. The van der Waals surface area contributed by atoms with Crippen molar-refractivity contribution in [2.75, 3.05) is 0 Å². The first kappa shape index (κ1) is 24.7. The molecule has 1 aliphatic carbocycles. The lowest BCUT2D eigenvalue weighted by Gasteiger charge is -2.34. The number of aromatic nitrogens is 3. The molecule has 3 aromatic rings. The Balaban J connectivity index is 0.000000383. The molecular formula is C24H29F3N4O2. The minimum atomic E-state index is -5.08. The van der Waals surface area contributed by atoms with Crippen LogP contribution in [0.1, 0.15) is 50.8 Å². The van der Waals surface area contributed by atoms with Crippen LogP contribution in [-0.4, -0.2) is 38.2 Å². The Kier molecular flexibility index (Phi) is 7.41. The number of carboxylic acid groups (broad SMARTS) is 1. The predicted molar refractivity (Wildman–Crippen MR) is 121 cm³/mol. The van der Waals surface area contributed by atoms with Gasteiger partial charge in [-0.15, -0.1) is 0 Å². The Morgan fingerprint density at radius 2 is 1.82 bits per heavy atom. The van der Waals surface area contributed by atoms with Crippen LogP contribution >= 0.6 is 0 Å². The van der Waals surface area contributed by atoms with Gasteiger partial charge in [-0.05, 0) is 55.2 Å². The molecule has 0 spiro atoms. The van der Waals surface area contributed by atoms with Crippen molar-refractivity contribution in [1.29, 1.82) is 0 Å². The lowest BCUT2D eigenvalue weighted by Crippen LogP contribution is -2.35. The summed E-state index contributed by atoms with van der Waals surface area (Å²) in [6.07, 6.45) is 1.85. The van der Waals surface area contributed by atoms with Crippen LogP contribution in [0.3, 0.4) is 0 Å².